The molecule has 1 saturated heterocycles. The molecule has 0 amide bonds. The number of imidazole rings is 1. The Labute approximate surface area is 109 Å². The molecule has 0 bridgehead atoms. The van der Waals surface area contributed by atoms with Crippen molar-refractivity contribution >= 4 is 0 Å². The van der Waals surface area contributed by atoms with Crippen molar-refractivity contribution in [2.45, 2.75) is 39.1 Å². The highest BCUT2D eigenvalue weighted by molar-refractivity contribution is 4.98. The zero-order valence-electron chi connectivity index (χ0n) is 11.6. The molecule has 102 valence electrons. The van der Waals surface area contributed by atoms with Crippen LogP contribution in [0, 0.1) is 0 Å². The molecule has 0 aromatic carbocycles. The van der Waals surface area contributed by atoms with Gasteiger partial charge in [-0.25, -0.2) is 4.98 Å². The van der Waals surface area contributed by atoms with Crippen LogP contribution in [0.15, 0.2) is 12.5 Å². The molecule has 1 aromatic rings. The van der Waals surface area contributed by atoms with Crippen LogP contribution in [0.1, 0.15) is 19.5 Å². The van der Waals surface area contributed by atoms with Crippen LogP contribution in [-0.2, 0) is 17.8 Å². The van der Waals surface area contributed by atoms with Crippen molar-refractivity contribution in [1.29, 1.82) is 0 Å². The number of nitrogens with zero attached hydrogens (tertiary/aromatic N) is 3. The van der Waals surface area contributed by atoms with Gasteiger partial charge in [-0.2, -0.15) is 0 Å². The van der Waals surface area contributed by atoms with Gasteiger partial charge in [-0.3, -0.25) is 0 Å². The lowest BCUT2D eigenvalue weighted by Crippen LogP contribution is -2.42. The maximum atomic E-state index is 5.79. The summed E-state index contributed by atoms with van der Waals surface area (Å²) in [6.07, 6.45) is 4.10. The van der Waals surface area contributed by atoms with E-state index in [1.54, 1.807) is 0 Å². The van der Waals surface area contributed by atoms with Gasteiger partial charge in [0, 0.05) is 31.9 Å². The standard InChI is InChI=1S/C13H24N4O/c1-11(2)15-7-12-6-14-10-17(12)9-13-8-16(3)4-5-18-13/h6,10-11,13,15H,4-5,7-9H2,1-3H3. The SMILES string of the molecule is CC(C)NCc1cncn1CC1CN(C)CCO1. The molecule has 2 heterocycles. The third-order valence-corrected chi connectivity index (χ3v) is 3.23. The quantitative estimate of drug-likeness (QED) is 0.838. The summed E-state index contributed by atoms with van der Waals surface area (Å²) in [4.78, 5) is 6.56. The molecule has 1 unspecified atom stereocenters. The average Bonchev–Trinajstić information content (AvgIpc) is 2.74. The van der Waals surface area contributed by atoms with Crippen molar-refractivity contribution in [2.75, 3.05) is 26.7 Å². The van der Waals surface area contributed by atoms with Crippen LogP contribution in [0.2, 0.25) is 0 Å². The van der Waals surface area contributed by atoms with Crippen LogP contribution >= 0.6 is 0 Å². The Bertz CT molecular complexity index is 364. The van der Waals surface area contributed by atoms with Gasteiger partial charge in [0.2, 0.25) is 0 Å². The van der Waals surface area contributed by atoms with Crippen molar-refractivity contribution in [3.63, 3.8) is 0 Å². The van der Waals surface area contributed by atoms with E-state index >= 15 is 0 Å². The summed E-state index contributed by atoms with van der Waals surface area (Å²) in [6, 6.07) is 0.491. The Morgan fingerprint density at radius 1 is 1.56 bits per heavy atom. The van der Waals surface area contributed by atoms with Crippen LogP contribution in [0.3, 0.4) is 0 Å². The van der Waals surface area contributed by atoms with Crippen LogP contribution in [0.4, 0.5) is 0 Å². The van der Waals surface area contributed by atoms with Gasteiger partial charge in [-0.1, -0.05) is 13.8 Å². The zero-order valence-corrected chi connectivity index (χ0v) is 11.6. The molecule has 0 spiro atoms. The Hall–Kier alpha value is -0.910. The van der Waals surface area contributed by atoms with Gasteiger partial charge in [0.15, 0.2) is 0 Å². The number of morpholine rings is 1. The van der Waals surface area contributed by atoms with E-state index in [1.807, 2.05) is 12.5 Å². The summed E-state index contributed by atoms with van der Waals surface area (Å²) in [5.41, 5.74) is 1.22. The Kier molecular flexibility index (Phi) is 4.74. The number of hydrogen-bond donors (Lipinski definition) is 1. The van der Waals surface area contributed by atoms with Crippen molar-refractivity contribution in [1.82, 2.24) is 19.8 Å². The molecule has 0 radical (unpaired) electrons. The van der Waals surface area contributed by atoms with Gasteiger partial charge in [-0.05, 0) is 7.05 Å². The lowest BCUT2D eigenvalue weighted by Gasteiger charge is -2.30. The van der Waals surface area contributed by atoms with E-state index in [0.29, 0.717) is 6.04 Å². The maximum absolute atomic E-state index is 5.79. The summed E-state index contributed by atoms with van der Waals surface area (Å²) < 4.78 is 7.99. The monoisotopic (exact) mass is 252 g/mol. The first-order chi connectivity index (χ1) is 8.65. The van der Waals surface area contributed by atoms with Gasteiger partial charge in [-0.15, -0.1) is 0 Å². The fourth-order valence-corrected chi connectivity index (χ4v) is 2.17. The predicted octanol–water partition coefficient (Wildman–Crippen LogP) is 0.712. The number of nitrogens with one attached hydrogen (secondary N) is 1. The van der Waals surface area contributed by atoms with E-state index in [4.69, 9.17) is 4.74 Å². The molecule has 1 aromatic heterocycles. The highest BCUT2D eigenvalue weighted by atomic mass is 16.5. The van der Waals surface area contributed by atoms with E-state index in [0.717, 1.165) is 32.8 Å². The van der Waals surface area contributed by atoms with Crippen molar-refractivity contribution in [3.8, 4) is 0 Å². The Morgan fingerprint density at radius 3 is 3.11 bits per heavy atom. The van der Waals surface area contributed by atoms with Gasteiger partial charge >= 0.3 is 0 Å². The fourth-order valence-electron chi connectivity index (χ4n) is 2.17. The average molecular weight is 252 g/mol. The molecule has 5 nitrogen and oxygen atoms in total. The van der Waals surface area contributed by atoms with Crippen LogP contribution in [0.25, 0.3) is 0 Å². The van der Waals surface area contributed by atoms with Crippen molar-refractivity contribution in [3.05, 3.63) is 18.2 Å². The van der Waals surface area contributed by atoms with Gasteiger partial charge in [0.1, 0.15) is 0 Å². The molecule has 1 fully saturated rings. The first-order valence-electron chi connectivity index (χ1n) is 6.67. The molecular formula is C13H24N4O. The predicted molar refractivity (Wildman–Crippen MR) is 71.4 cm³/mol. The smallest absolute Gasteiger partial charge is 0.0949 e. The minimum atomic E-state index is 0.274. The summed E-state index contributed by atoms with van der Waals surface area (Å²) in [6.45, 7) is 8.91. The first-order valence-corrected chi connectivity index (χ1v) is 6.67. The highest BCUT2D eigenvalue weighted by Gasteiger charge is 2.18. The second-order valence-electron chi connectivity index (χ2n) is 5.33. The largest absolute Gasteiger partial charge is 0.374 e. The van der Waals surface area contributed by atoms with Crippen LogP contribution in [0.5, 0.6) is 0 Å². The third kappa shape index (κ3) is 3.80. The fraction of sp³-hybridized carbons (Fsp3) is 0.769. The third-order valence-electron chi connectivity index (χ3n) is 3.23. The second kappa shape index (κ2) is 6.31. The minimum absolute atomic E-state index is 0.274. The zero-order chi connectivity index (χ0) is 13.0. The molecule has 1 atom stereocenters. The topological polar surface area (TPSA) is 42.3 Å². The molecule has 0 saturated carbocycles. The molecule has 18 heavy (non-hydrogen) atoms. The van der Waals surface area contributed by atoms with E-state index < -0.39 is 0 Å². The summed E-state index contributed by atoms with van der Waals surface area (Å²) in [5.74, 6) is 0. The summed E-state index contributed by atoms with van der Waals surface area (Å²) in [5, 5.41) is 3.42. The van der Waals surface area contributed by atoms with Crippen LogP contribution in [-0.4, -0.2) is 53.3 Å². The summed E-state index contributed by atoms with van der Waals surface area (Å²) in [7, 11) is 2.14. The van der Waals surface area contributed by atoms with E-state index in [2.05, 4.69) is 40.7 Å². The molecule has 0 aliphatic carbocycles. The van der Waals surface area contributed by atoms with E-state index in [9.17, 15) is 0 Å². The van der Waals surface area contributed by atoms with Crippen molar-refractivity contribution < 1.29 is 4.74 Å². The molecule has 2 rings (SSSR count). The van der Waals surface area contributed by atoms with Gasteiger partial charge in [0.05, 0.1) is 31.3 Å². The lowest BCUT2D eigenvalue weighted by atomic mass is 10.2. The molecule has 1 aliphatic rings. The number of aromatic nitrogens is 2. The number of rotatable bonds is 5. The lowest BCUT2D eigenvalue weighted by molar-refractivity contribution is -0.0278. The number of ether oxygens (including phenoxy) is 1. The minimum Gasteiger partial charge on any atom is -0.374 e. The molecule has 1 N–H and O–H groups in total. The maximum Gasteiger partial charge on any atom is 0.0949 e. The molecular weight excluding hydrogens is 228 g/mol. The Balaban J connectivity index is 1.90. The summed E-state index contributed by atoms with van der Waals surface area (Å²) >= 11 is 0. The van der Waals surface area contributed by atoms with Crippen LogP contribution < -0.4 is 5.32 Å². The van der Waals surface area contributed by atoms with E-state index in [-0.39, 0.29) is 6.10 Å². The second-order valence-corrected chi connectivity index (χ2v) is 5.33. The van der Waals surface area contributed by atoms with E-state index in [1.165, 1.54) is 5.69 Å². The van der Waals surface area contributed by atoms with Gasteiger partial charge in [0.25, 0.3) is 0 Å². The first kappa shape index (κ1) is 13.5. The Morgan fingerprint density at radius 2 is 2.39 bits per heavy atom. The number of likely N-dealkylation sites (N-methyl/N-ethyl adjacent to an activating group) is 1. The number of hydrogen-bond acceptors (Lipinski definition) is 4. The normalized spacial score (nSPS) is 21.7. The van der Waals surface area contributed by atoms with Crippen molar-refractivity contribution in [2.24, 2.45) is 0 Å². The molecule has 1 aliphatic heterocycles. The molecule has 5 heteroatoms. The van der Waals surface area contributed by atoms with Gasteiger partial charge < -0.3 is 19.5 Å². The highest BCUT2D eigenvalue weighted by Crippen LogP contribution is 2.08.